The van der Waals surface area contributed by atoms with Gasteiger partial charge in [0.1, 0.15) is 5.75 Å². The van der Waals surface area contributed by atoms with E-state index in [0.29, 0.717) is 23.1 Å². The minimum atomic E-state index is -1.10. The standard InChI is InChI=1S/C19H23N3O4S/c1-5-12-22(18-20-11-13-27-18)17(24)21-14-7-9-15(10-8-14)26-19(3,4)16(23)25-6-2/h5,7-11,13H,1,6,12H2,2-4H3,(H,21,24). The highest BCUT2D eigenvalue weighted by molar-refractivity contribution is 7.13. The number of nitrogens with one attached hydrogen (secondary N) is 1. The molecule has 8 heteroatoms. The molecule has 1 N–H and O–H groups in total. The Morgan fingerprint density at radius 1 is 1.33 bits per heavy atom. The number of aromatic nitrogens is 1. The Balaban J connectivity index is 2.03. The van der Waals surface area contributed by atoms with E-state index in [2.05, 4.69) is 16.9 Å². The first-order chi connectivity index (χ1) is 12.9. The molecule has 2 rings (SSSR count). The Hall–Kier alpha value is -2.87. The first-order valence-corrected chi connectivity index (χ1v) is 9.30. The Kier molecular flexibility index (Phi) is 6.95. The normalized spacial score (nSPS) is 10.8. The summed E-state index contributed by atoms with van der Waals surface area (Å²) in [5.74, 6) is 0.0554. The average molecular weight is 389 g/mol. The van der Waals surface area contributed by atoms with Crippen LogP contribution in [0.4, 0.5) is 15.6 Å². The molecule has 1 aromatic carbocycles. The first kappa shape index (κ1) is 20.4. The van der Waals surface area contributed by atoms with Crippen molar-refractivity contribution in [3.8, 4) is 5.75 Å². The zero-order valence-corrected chi connectivity index (χ0v) is 16.4. The van der Waals surface area contributed by atoms with Crippen molar-refractivity contribution < 1.29 is 19.1 Å². The third-order valence-electron chi connectivity index (χ3n) is 3.45. The molecule has 0 radical (unpaired) electrons. The summed E-state index contributed by atoms with van der Waals surface area (Å²) < 4.78 is 10.7. The Morgan fingerprint density at radius 3 is 2.59 bits per heavy atom. The highest BCUT2D eigenvalue weighted by Crippen LogP contribution is 2.23. The van der Waals surface area contributed by atoms with Crippen molar-refractivity contribution in [1.82, 2.24) is 4.98 Å². The summed E-state index contributed by atoms with van der Waals surface area (Å²) in [5, 5.41) is 5.20. The van der Waals surface area contributed by atoms with Crippen LogP contribution in [0.1, 0.15) is 20.8 Å². The fraction of sp³-hybridized carbons (Fsp3) is 0.316. The average Bonchev–Trinajstić information content (AvgIpc) is 3.15. The molecule has 1 aromatic heterocycles. The highest BCUT2D eigenvalue weighted by atomic mass is 32.1. The SMILES string of the molecule is C=CCN(C(=O)Nc1ccc(OC(C)(C)C(=O)OCC)cc1)c1nccs1. The molecule has 0 unspecified atom stereocenters. The second kappa shape index (κ2) is 9.18. The number of hydrogen-bond donors (Lipinski definition) is 1. The van der Waals surface area contributed by atoms with Crippen molar-refractivity contribution in [2.75, 3.05) is 23.4 Å². The lowest BCUT2D eigenvalue weighted by Gasteiger charge is -2.24. The maximum absolute atomic E-state index is 12.5. The molecule has 144 valence electrons. The van der Waals surface area contributed by atoms with Crippen molar-refractivity contribution >= 4 is 34.2 Å². The molecular weight excluding hydrogens is 366 g/mol. The van der Waals surface area contributed by atoms with Crippen LogP contribution >= 0.6 is 11.3 Å². The van der Waals surface area contributed by atoms with Crippen molar-refractivity contribution in [2.24, 2.45) is 0 Å². The fourth-order valence-corrected chi connectivity index (χ4v) is 2.81. The summed E-state index contributed by atoms with van der Waals surface area (Å²) in [5.41, 5.74) is -0.515. The maximum atomic E-state index is 12.5. The number of benzene rings is 1. The minimum Gasteiger partial charge on any atom is -0.476 e. The summed E-state index contributed by atoms with van der Waals surface area (Å²) in [6.45, 7) is 9.33. The molecule has 0 bridgehead atoms. The summed E-state index contributed by atoms with van der Waals surface area (Å²) in [7, 11) is 0. The highest BCUT2D eigenvalue weighted by Gasteiger charge is 2.31. The van der Waals surface area contributed by atoms with E-state index >= 15 is 0 Å². The van der Waals surface area contributed by atoms with Gasteiger partial charge in [-0.05, 0) is 45.0 Å². The van der Waals surface area contributed by atoms with Crippen molar-refractivity contribution in [2.45, 2.75) is 26.4 Å². The molecule has 0 atom stereocenters. The van der Waals surface area contributed by atoms with E-state index in [-0.39, 0.29) is 12.6 Å². The Labute approximate surface area is 162 Å². The number of urea groups is 1. The first-order valence-electron chi connectivity index (χ1n) is 8.42. The molecule has 2 aromatic rings. The van der Waals surface area contributed by atoms with Crippen LogP contribution in [-0.2, 0) is 9.53 Å². The van der Waals surface area contributed by atoms with Gasteiger partial charge in [0, 0.05) is 23.8 Å². The van der Waals surface area contributed by atoms with Crippen LogP contribution in [0.5, 0.6) is 5.75 Å². The van der Waals surface area contributed by atoms with Gasteiger partial charge in [-0.15, -0.1) is 17.9 Å². The zero-order chi connectivity index (χ0) is 19.9. The quantitative estimate of drug-likeness (QED) is 0.543. The number of amides is 2. The van der Waals surface area contributed by atoms with E-state index in [0.717, 1.165) is 0 Å². The van der Waals surface area contributed by atoms with Crippen molar-refractivity contribution in [1.29, 1.82) is 0 Å². The van der Waals surface area contributed by atoms with Crippen LogP contribution < -0.4 is 15.0 Å². The number of anilines is 2. The summed E-state index contributed by atoms with van der Waals surface area (Å²) in [6.07, 6.45) is 3.27. The van der Waals surface area contributed by atoms with Gasteiger partial charge in [0.25, 0.3) is 0 Å². The number of thiazole rings is 1. The number of nitrogens with zero attached hydrogens (tertiary/aromatic N) is 2. The van der Waals surface area contributed by atoms with Gasteiger partial charge in [0.05, 0.1) is 6.61 Å². The van der Waals surface area contributed by atoms with E-state index in [1.807, 2.05) is 0 Å². The summed E-state index contributed by atoms with van der Waals surface area (Å²) >= 11 is 1.37. The van der Waals surface area contributed by atoms with Gasteiger partial charge < -0.3 is 14.8 Å². The third kappa shape index (κ3) is 5.55. The monoisotopic (exact) mass is 389 g/mol. The molecule has 0 aliphatic heterocycles. The fourth-order valence-electron chi connectivity index (χ4n) is 2.16. The van der Waals surface area contributed by atoms with E-state index in [1.54, 1.807) is 62.7 Å². The molecule has 0 saturated carbocycles. The lowest BCUT2D eigenvalue weighted by atomic mass is 10.1. The number of carbonyl (C=O) groups excluding carboxylic acids is 2. The van der Waals surface area contributed by atoms with Gasteiger partial charge in [-0.3, -0.25) is 4.90 Å². The van der Waals surface area contributed by atoms with Gasteiger partial charge in [-0.25, -0.2) is 14.6 Å². The topological polar surface area (TPSA) is 80.8 Å². The van der Waals surface area contributed by atoms with Crippen molar-refractivity contribution in [3.05, 3.63) is 48.5 Å². The van der Waals surface area contributed by atoms with Crippen LogP contribution in [0.2, 0.25) is 0 Å². The molecule has 7 nitrogen and oxygen atoms in total. The predicted octanol–water partition coefficient (Wildman–Crippen LogP) is 4.09. The second-order valence-electron chi connectivity index (χ2n) is 6.00. The van der Waals surface area contributed by atoms with E-state index in [9.17, 15) is 9.59 Å². The minimum absolute atomic E-state index is 0.289. The van der Waals surface area contributed by atoms with Crippen molar-refractivity contribution in [3.63, 3.8) is 0 Å². The molecule has 27 heavy (non-hydrogen) atoms. The number of carbonyl (C=O) groups is 2. The second-order valence-corrected chi connectivity index (χ2v) is 6.87. The van der Waals surface area contributed by atoms with Crippen LogP contribution in [0.15, 0.2) is 48.5 Å². The predicted molar refractivity (Wildman–Crippen MR) is 106 cm³/mol. The largest absolute Gasteiger partial charge is 0.476 e. The van der Waals surface area contributed by atoms with Gasteiger partial charge in [-0.1, -0.05) is 6.08 Å². The van der Waals surface area contributed by atoms with Gasteiger partial charge in [-0.2, -0.15) is 0 Å². The van der Waals surface area contributed by atoms with Gasteiger partial charge in [0.15, 0.2) is 10.7 Å². The zero-order valence-electron chi connectivity index (χ0n) is 15.6. The van der Waals surface area contributed by atoms with Crippen LogP contribution in [0.3, 0.4) is 0 Å². The lowest BCUT2D eigenvalue weighted by molar-refractivity contribution is -0.158. The van der Waals surface area contributed by atoms with Crippen LogP contribution in [-0.4, -0.2) is 35.7 Å². The Bertz CT molecular complexity index is 773. The maximum Gasteiger partial charge on any atom is 0.349 e. The molecule has 1 heterocycles. The molecule has 0 aliphatic carbocycles. The number of esters is 1. The molecule has 0 aliphatic rings. The number of ether oxygens (including phenoxy) is 2. The lowest BCUT2D eigenvalue weighted by Crippen LogP contribution is -2.39. The molecule has 0 spiro atoms. The van der Waals surface area contributed by atoms with Gasteiger partial charge >= 0.3 is 12.0 Å². The van der Waals surface area contributed by atoms with E-state index in [1.165, 1.54) is 16.2 Å². The van der Waals surface area contributed by atoms with Gasteiger partial charge in [0.2, 0.25) is 0 Å². The van der Waals surface area contributed by atoms with Crippen LogP contribution in [0.25, 0.3) is 0 Å². The number of rotatable bonds is 8. The third-order valence-corrected chi connectivity index (χ3v) is 4.25. The number of hydrogen-bond acceptors (Lipinski definition) is 6. The molecule has 0 fully saturated rings. The van der Waals surface area contributed by atoms with E-state index in [4.69, 9.17) is 9.47 Å². The van der Waals surface area contributed by atoms with E-state index < -0.39 is 11.6 Å². The Morgan fingerprint density at radius 2 is 2.04 bits per heavy atom. The molecule has 2 amide bonds. The molecular formula is C19H23N3O4S. The molecule has 0 saturated heterocycles. The summed E-state index contributed by atoms with van der Waals surface area (Å²) in [6, 6.07) is 6.44. The smallest absolute Gasteiger partial charge is 0.349 e. The summed E-state index contributed by atoms with van der Waals surface area (Å²) in [4.78, 5) is 30.1. The van der Waals surface area contributed by atoms with Crippen LogP contribution in [0, 0.1) is 0 Å².